The normalized spacial score (nSPS) is 34.7. The molecule has 1 N–H and O–H groups in total. The molecular weight excluding hydrogens is 238 g/mol. The molecule has 0 amide bonds. The Bertz CT molecular complexity index is 278. The highest BCUT2D eigenvalue weighted by Gasteiger charge is 2.42. The molecule has 2 rings (SSSR count). The van der Waals surface area contributed by atoms with Crippen molar-refractivity contribution in [2.24, 2.45) is 11.8 Å². The van der Waals surface area contributed by atoms with Crippen molar-refractivity contribution >= 4 is 0 Å². The quantitative estimate of drug-likeness (QED) is 0.851. The van der Waals surface area contributed by atoms with Gasteiger partial charge in [0, 0.05) is 18.6 Å². The molecule has 2 aliphatic rings. The molecule has 3 nitrogen and oxygen atoms in total. The van der Waals surface area contributed by atoms with E-state index in [4.69, 9.17) is 4.74 Å². The summed E-state index contributed by atoms with van der Waals surface area (Å²) in [5.41, 5.74) is -0.0779. The molecular formula is C16H31NO2. The van der Waals surface area contributed by atoms with Crippen LogP contribution in [-0.4, -0.2) is 48.0 Å². The van der Waals surface area contributed by atoms with Gasteiger partial charge in [-0.15, -0.1) is 0 Å². The highest BCUT2D eigenvalue weighted by atomic mass is 16.5. The van der Waals surface area contributed by atoms with E-state index in [0.717, 1.165) is 38.6 Å². The number of hydrogen-bond donors (Lipinski definition) is 1. The maximum absolute atomic E-state index is 11.0. The molecule has 0 radical (unpaired) electrons. The van der Waals surface area contributed by atoms with Gasteiger partial charge in [0.2, 0.25) is 0 Å². The molecule has 19 heavy (non-hydrogen) atoms. The first kappa shape index (κ1) is 15.3. The number of aliphatic hydroxyl groups excluding tert-OH is 1. The predicted molar refractivity (Wildman–Crippen MR) is 78.2 cm³/mol. The molecule has 1 saturated carbocycles. The standard InChI is InChI=1S/C16H31NO2/c1-4-16(3,17-8-10-19-11-9-17)15(18)14-7-5-6-13(2)12-14/h13-15,18H,4-12H2,1-3H3. The number of ether oxygens (including phenoxy) is 1. The van der Waals surface area contributed by atoms with E-state index >= 15 is 0 Å². The van der Waals surface area contributed by atoms with E-state index in [2.05, 4.69) is 25.7 Å². The summed E-state index contributed by atoms with van der Waals surface area (Å²) in [6.07, 6.45) is 5.83. The van der Waals surface area contributed by atoms with E-state index in [9.17, 15) is 5.11 Å². The second kappa shape index (κ2) is 6.55. The monoisotopic (exact) mass is 269 g/mol. The molecule has 1 aliphatic heterocycles. The molecule has 4 unspecified atom stereocenters. The summed E-state index contributed by atoms with van der Waals surface area (Å²) in [7, 11) is 0. The lowest BCUT2D eigenvalue weighted by atomic mass is 9.72. The summed E-state index contributed by atoms with van der Waals surface area (Å²) in [4.78, 5) is 2.46. The van der Waals surface area contributed by atoms with Crippen molar-refractivity contribution < 1.29 is 9.84 Å². The molecule has 2 fully saturated rings. The van der Waals surface area contributed by atoms with Crippen molar-refractivity contribution in [3.05, 3.63) is 0 Å². The van der Waals surface area contributed by atoms with Gasteiger partial charge in [-0.05, 0) is 38.0 Å². The van der Waals surface area contributed by atoms with Gasteiger partial charge < -0.3 is 9.84 Å². The topological polar surface area (TPSA) is 32.7 Å². The van der Waals surface area contributed by atoms with Gasteiger partial charge in [-0.1, -0.05) is 26.7 Å². The minimum Gasteiger partial charge on any atom is -0.391 e. The Hall–Kier alpha value is -0.120. The summed E-state index contributed by atoms with van der Waals surface area (Å²) < 4.78 is 5.46. The third kappa shape index (κ3) is 3.32. The minimum atomic E-state index is -0.196. The molecule has 4 atom stereocenters. The van der Waals surface area contributed by atoms with Crippen LogP contribution >= 0.6 is 0 Å². The molecule has 0 aromatic heterocycles. The first-order valence-corrected chi connectivity index (χ1v) is 8.08. The number of aliphatic hydroxyl groups is 1. The van der Waals surface area contributed by atoms with E-state index in [1.54, 1.807) is 0 Å². The summed E-state index contributed by atoms with van der Waals surface area (Å²) in [6, 6.07) is 0. The van der Waals surface area contributed by atoms with Gasteiger partial charge in [0.05, 0.1) is 19.3 Å². The highest BCUT2D eigenvalue weighted by Crippen LogP contribution is 2.37. The number of morpholine rings is 1. The van der Waals surface area contributed by atoms with Gasteiger partial charge >= 0.3 is 0 Å². The molecule has 112 valence electrons. The minimum absolute atomic E-state index is 0.0779. The van der Waals surface area contributed by atoms with Crippen LogP contribution in [0.3, 0.4) is 0 Å². The molecule has 1 saturated heterocycles. The smallest absolute Gasteiger partial charge is 0.0749 e. The van der Waals surface area contributed by atoms with Crippen LogP contribution in [0.5, 0.6) is 0 Å². The van der Waals surface area contributed by atoms with Gasteiger partial charge in [-0.3, -0.25) is 4.90 Å². The maximum atomic E-state index is 11.0. The van der Waals surface area contributed by atoms with E-state index in [0.29, 0.717) is 5.92 Å². The number of nitrogens with zero attached hydrogens (tertiary/aromatic N) is 1. The van der Waals surface area contributed by atoms with Gasteiger partial charge in [0.25, 0.3) is 0 Å². The zero-order valence-corrected chi connectivity index (χ0v) is 12.9. The Morgan fingerprint density at radius 3 is 2.58 bits per heavy atom. The number of hydrogen-bond acceptors (Lipinski definition) is 3. The third-order valence-electron chi connectivity index (χ3n) is 5.51. The highest BCUT2D eigenvalue weighted by molar-refractivity contribution is 4.96. The summed E-state index contributed by atoms with van der Waals surface area (Å²) in [5, 5.41) is 11.0. The van der Waals surface area contributed by atoms with Crippen LogP contribution in [0.1, 0.15) is 52.9 Å². The summed E-state index contributed by atoms with van der Waals surface area (Å²) in [6.45, 7) is 10.3. The molecule has 1 heterocycles. The van der Waals surface area contributed by atoms with Gasteiger partial charge in [-0.2, -0.15) is 0 Å². The number of rotatable bonds is 4. The predicted octanol–water partition coefficient (Wildman–Crippen LogP) is 2.67. The Kier molecular flexibility index (Phi) is 5.27. The SMILES string of the molecule is CCC(C)(C(O)C1CCCC(C)C1)N1CCOCC1. The van der Waals surface area contributed by atoms with E-state index < -0.39 is 0 Å². The van der Waals surface area contributed by atoms with E-state index in [1.165, 1.54) is 25.7 Å². The zero-order valence-electron chi connectivity index (χ0n) is 12.9. The first-order chi connectivity index (χ1) is 9.08. The maximum Gasteiger partial charge on any atom is 0.0749 e. The fraction of sp³-hybridized carbons (Fsp3) is 1.00. The van der Waals surface area contributed by atoms with Crippen molar-refractivity contribution in [1.29, 1.82) is 0 Å². The van der Waals surface area contributed by atoms with E-state index in [-0.39, 0.29) is 11.6 Å². The van der Waals surface area contributed by atoms with Crippen LogP contribution < -0.4 is 0 Å². The van der Waals surface area contributed by atoms with Crippen LogP contribution in [0, 0.1) is 11.8 Å². The summed E-state index contributed by atoms with van der Waals surface area (Å²) >= 11 is 0. The Morgan fingerprint density at radius 2 is 2.00 bits per heavy atom. The molecule has 1 aliphatic carbocycles. The lowest BCUT2D eigenvalue weighted by Gasteiger charge is -2.49. The second-order valence-electron chi connectivity index (χ2n) is 6.79. The van der Waals surface area contributed by atoms with Crippen molar-refractivity contribution in [1.82, 2.24) is 4.90 Å². The average molecular weight is 269 g/mol. The Morgan fingerprint density at radius 1 is 1.32 bits per heavy atom. The van der Waals surface area contributed by atoms with Crippen LogP contribution in [0.4, 0.5) is 0 Å². The molecule has 0 aromatic carbocycles. The lowest BCUT2D eigenvalue weighted by Crippen LogP contribution is -2.60. The lowest BCUT2D eigenvalue weighted by molar-refractivity contribution is -0.0972. The second-order valence-corrected chi connectivity index (χ2v) is 6.79. The Balaban J connectivity index is 2.05. The average Bonchev–Trinajstić information content (AvgIpc) is 2.46. The van der Waals surface area contributed by atoms with Crippen LogP contribution in [0.2, 0.25) is 0 Å². The van der Waals surface area contributed by atoms with Crippen molar-refractivity contribution in [2.75, 3.05) is 26.3 Å². The summed E-state index contributed by atoms with van der Waals surface area (Å²) in [5.74, 6) is 1.26. The molecule has 3 heteroatoms. The van der Waals surface area contributed by atoms with Crippen molar-refractivity contribution in [3.63, 3.8) is 0 Å². The van der Waals surface area contributed by atoms with Crippen LogP contribution in [0.15, 0.2) is 0 Å². The van der Waals surface area contributed by atoms with Gasteiger partial charge in [-0.25, -0.2) is 0 Å². The third-order valence-corrected chi connectivity index (χ3v) is 5.51. The fourth-order valence-corrected chi connectivity index (χ4v) is 3.97. The van der Waals surface area contributed by atoms with Gasteiger partial charge in [0.15, 0.2) is 0 Å². The molecule has 0 aromatic rings. The fourth-order valence-electron chi connectivity index (χ4n) is 3.97. The van der Waals surface area contributed by atoms with Gasteiger partial charge in [0.1, 0.15) is 0 Å². The van der Waals surface area contributed by atoms with Crippen molar-refractivity contribution in [2.45, 2.75) is 64.5 Å². The van der Waals surface area contributed by atoms with Crippen LogP contribution in [0.25, 0.3) is 0 Å². The molecule has 0 bridgehead atoms. The molecule has 0 spiro atoms. The van der Waals surface area contributed by atoms with E-state index in [1.807, 2.05) is 0 Å². The zero-order chi connectivity index (χ0) is 13.9. The van der Waals surface area contributed by atoms with Crippen molar-refractivity contribution in [3.8, 4) is 0 Å². The van der Waals surface area contributed by atoms with Crippen LogP contribution in [-0.2, 0) is 4.74 Å². The Labute approximate surface area is 118 Å². The largest absolute Gasteiger partial charge is 0.391 e. The first-order valence-electron chi connectivity index (χ1n) is 8.08.